The van der Waals surface area contributed by atoms with Crippen LogP contribution in [-0.4, -0.2) is 5.97 Å². The van der Waals surface area contributed by atoms with Crippen LogP contribution in [0.3, 0.4) is 0 Å². The number of hydrogen-bond donors (Lipinski definition) is 0. The van der Waals surface area contributed by atoms with Crippen molar-refractivity contribution in [1.29, 1.82) is 0 Å². The number of rotatable bonds is 3. The molecular formula is C13H16O2. The monoisotopic (exact) mass is 204 g/mol. The van der Waals surface area contributed by atoms with E-state index in [-0.39, 0.29) is 11.9 Å². The van der Waals surface area contributed by atoms with Crippen LogP contribution in [0.4, 0.5) is 0 Å². The molecule has 0 N–H and O–H groups in total. The van der Waals surface area contributed by atoms with Crippen LogP contribution in [0.25, 0.3) is 0 Å². The normalized spacial score (nSPS) is 10.1. The molecule has 1 aromatic rings. The third kappa shape index (κ3) is 3.24. The molecule has 1 rings (SSSR count). The lowest BCUT2D eigenvalue weighted by molar-refractivity contribution is -0.130. The Morgan fingerprint density at radius 1 is 1.27 bits per heavy atom. The number of aryl methyl sites for hydroxylation is 1. The van der Waals surface area contributed by atoms with Gasteiger partial charge >= 0.3 is 5.97 Å². The minimum absolute atomic E-state index is 0.114. The molecule has 1 aromatic carbocycles. The van der Waals surface area contributed by atoms with Gasteiger partial charge in [0.25, 0.3) is 0 Å². The summed E-state index contributed by atoms with van der Waals surface area (Å²) in [6.07, 6.45) is 0. The van der Waals surface area contributed by atoms with Gasteiger partial charge in [-0.25, -0.2) is 4.79 Å². The van der Waals surface area contributed by atoms with E-state index in [1.165, 1.54) is 0 Å². The molecule has 0 radical (unpaired) electrons. The molecule has 15 heavy (non-hydrogen) atoms. The Labute approximate surface area is 90.6 Å². The van der Waals surface area contributed by atoms with Crippen molar-refractivity contribution in [2.24, 2.45) is 5.92 Å². The predicted octanol–water partition coefficient (Wildman–Crippen LogP) is 3.11. The molecule has 0 aromatic heterocycles. The van der Waals surface area contributed by atoms with E-state index in [0.29, 0.717) is 11.3 Å². The molecule has 0 aliphatic rings. The maximum atomic E-state index is 11.5. The standard InChI is InChI=1S/C13H16O2/c1-9(2)11(4)13(14)15-12-7-5-10(3)6-8-12/h5-9H,4H2,1-3H3. The fourth-order valence-corrected chi connectivity index (χ4v) is 1.01. The number of esters is 1. The summed E-state index contributed by atoms with van der Waals surface area (Å²) in [5.41, 5.74) is 1.63. The van der Waals surface area contributed by atoms with E-state index in [4.69, 9.17) is 4.74 Å². The fraction of sp³-hybridized carbons (Fsp3) is 0.308. The van der Waals surface area contributed by atoms with Crippen molar-refractivity contribution in [2.45, 2.75) is 20.8 Å². The molecule has 0 aliphatic carbocycles. The highest BCUT2D eigenvalue weighted by atomic mass is 16.5. The highest BCUT2D eigenvalue weighted by molar-refractivity contribution is 5.89. The number of benzene rings is 1. The molecule has 0 spiro atoms. The lowest BCUT2D eigenvalue weighted by Gasteiger charge is -2.09. The molecule has 0 amide bonds. The van der Waals surface area contributed by atoms with Crippen LogP contribution >= 0.6 is 0 Å². The molecule has 0 fully saturated rings. The summed E-state index contributed by atoms with van der Waals surface area (Å²) in [6.45, 7) is 9.51. The van der Waals surface area contributed by atoms with Crippen LogP contribution in [0.15, 0.2) is 36.4 Å². The summed E-state index contributed by atoms with van der Waals surface area (Å²) < 4.78 is 5.15. The Bertz CT molecular complexity index is 361. The van der Waals surface area contributed by atoms with Crippen LogP contribution in [0.2, 0.25) is 0 Å². The quantitative estimate of drug-likeness (QED) is 0.429. The van der Waals surface area contributed by atoms with E-state index < -0.39 is 0 Å². The predicted molar refractivity (Wildman–Crippen MR) is 60.8 cm³/mol. The minimum atomic E-state index is -0.353. The van der Waals surface area contributed by atoms with Crippen LogP contribution in [0.1, 0.15) is 19.4 Å². The molecular weight excluding hydrogens is 188 g/mol. The zero-order valence-corrected chi connectivity index (χ0v) is 9.41. The lowest BCUT2D eigenvalue weighted by Crippen LogP contribution is -2.14. The van der Waals surface area contributed by atoms with Crippen molar-refractivity contribution in [3.63, 3.8) is 0 Å². The zero-order chi connectivity index (χ0) is 11.4. The van der Waals surface area contributed by atoms with Crippen molar-refractivity contribution < 1.29 is 9.53 Å². The van der Waals surface area contributed by atoms with Crippen LogP contribution in [-0.2, 0) is 4.79 Å². The Morgan fingerprint density at radius 2 is 1.80 bits per heavy atom. The summed E-state index contributed by atoms with van der Waals surface area (Å²) in [5.74, 6) is 0.323. The Hall–Kier alpha value is -1.57. The summed E-state index contributed by atoms with van der Waals surface area (Å²) in [7, 11) is 0. The van der Waals surface area contributed by atoms with Crippen molar-refractivity contribution in [2.75, 3.05) is 0 Å². The van der Waals surface area contributed by atoms with Crippen LogP contribution in [0.5, 0.6) is 5.75 Å². The SMILES string of the molecule is C=C(C(=O)Oc1ccc(C)cc1)C(C)C. The molecule has 2 heteroatoms. The van der Waals surface area contributed by atoms with Gasteiger partial charge in [-0.2, -0.15) is 0 Å². The van der Waals surface area contributed by atoms with Crippen LogP contribution in [0, 0.1) is 12.8 Å². The molecule has 0 aliphatic heterocycles. The van der Waals surface area contributed by atoms with Crippen molar-refractivity contribution in [1.82, 2.24) is 0 Å². The molecule has 0 atom stereocenters. The Morgan fingerprint density at radius 3 is 2.27 bits per heavy atom. The molecule has 0 unspecified atom stereocenters. The van der Waals surface area contributed by atoms with E-state index in [9.17, 15) is 4.79 Å². The van der Waals surface area contributed by atoms with Crippen molar-refractivity contribution >= 4 is 5.97 Å². The molecule has 0 heterocycles. The van der Waals surface area contributed by atoms with Gasteiger partial charge in [0.1, 0.15) is 5.75 Å². The first-order valence-corrected chi connectivity index (χ1v) is 4.98. The van der Waals surface area contributed by atoms with Gasteiger partial charge in [0, 0.05) is 5.57 Å². The average Bonchev–Trinajstić information content (AvgIpc) is 2.20. The van der Waals surface area contributed by atoms with E-state index in [1.54, 1.807) is 12.1 Å². The second kappa shape index (κ2) is 4.78. The maximum absolute atomic E-state index is 11.5. The van der Waals surface area contributed by atoms with E-state index in [1.807, 2.05) is 32.9 Å². The van der Waals surface area contributed by atoms with Gasteiger partial charge in [-0.05, 0) is 25.0 Å². The first-order chi connectivity index (χ1) is 7.00. The number of carbonyl (C=O) groups is 1. The summed E-state index contributed by atoms with van der Waals surface area (Å²) in [4.78, 5) is 11.5. The van der Waals surface area contributed by atoms with Gasteiger partial charge in [0.05, 0.1) is 0 Å². The smallest absolute Gasteiger partial charge is 0.339 e. The zero-order valence-electron chi connectivity index (χ0n) is 9.41. The number of ether oxygens (including phenoxy) is 1. The summed E-state index contributed by atoms with van der Waals surface area (Å²) in [6, 6.07) is 7.36. The Balaban J connectivity index is 2.67. The van der Waals surface area contributed by atoms with Gasteiger partial charge < -0.3 is 4.74 Å². The second-order valence-corrected chi connectivity index (χ2v) is 3.88. The highest BCUT2D eigenvalue weighted by Crippen LogP contribution is 2.15. The third-order valence-corrected chi connectivity index (χ3v) is 2.19. The number of carbonyl (C=O) groups excluding carboxylic acids is 1. The molecule has 0 bridgehead atoms. The maximum Gasteiger partial charge on any atom is 0.339 e. The summed E-state index contributed by atoms with van der Waals surface area (Å²) in [5, 5.41) is 0. The summed E-state index contributed by atoms with van der Waals surface area (Å²) >= 11 is 0. The average molecular weight is 204 g/mol. The van der Waals surface area contributed by atoms with E-state index in [2.05, 4.69) is 6.58 Å². The molecule has 0 saturated heterocycles. The third-order valence-electron chi connectivity index (χ3n) is 2.19. The van der Waals surface area contributed by atoms with Gasteiger partial charge in [-0.3, -0.25) is 0 Å². The second-order valence-electron chi connectivity index (χ2n) is 3.88. The van der Waals surface area contributed by atoms with Crippen molar-refractivity contribution in [3.8, 4) is 5.75 Å². The van der Waals surface area contributed by atoms with Gasteiger partial charge in [0.2, 0.25) is 0 Å². The van der Waals surface area contributed by atoms with Gasteiger partial charge in [-0.1, -0.05) is 38.1 Å². The fourth-order valence-electron chi connectivity index (χ4n) is 1.01. The van der Waals surface area contributed by atoms with Crippen LogP contribution < -0.4 is 4.74 Å². The Kier molecular flexibility index (Phi) is 3.67. The van der Waals surface area contributed by atoms with Gasteiger partial charge in [0.15, 0.2) is 0 Å². The lowest BCUT2D eigenvalue weighted by atomic mass is 10.1. The molecule has 0 saturated carbocycles. The minimum Gasteiger partial charge on any atom is -0.423 e. The number of hydrogen-bond acceptors (Lipinski definition) is 2. The first-order valence-electron chi connectivity index (χ1n) is 4.98. The van der Waals surface area contributed by atoms with Crippen molar-refractivity contribution in [3.05, 3.63) is 42.0 Å². The van der Waals surface area contributed by atoms with E-state index in [0.717, 1.165) is 5.56 Å². The largest absolute Gasteiger partial charge is 0.423 e. The molecule has 80 valence electrons. The van der Waals surface area contributed by atoms with Gasteiger partial charge in [-0.15, -0.1) is 0 Å². The first kappa shape index (κ1) is 11.5. The highest BCUT2D eigenvalue weighted by Gasteiger charge is 2.12. The van der Waals surface area contributed by atoms with E-state index >= 15 is 0 Å². The topological polar surface area (TPSA) is 26.3 Å². The molecule has 2 nitrogen and oxygen atoms in total.